The number of esters is 1. The zero-order valence-corrected chi connectivity index (χ0v) is 20.8. The van der Waals surface area contributed by atoms with Gasteiger partial charge in [-0.25, -0.2) is 0 Å². The fourth-order valence-electron chi connectivity index (χ4n) is 5.61. The summed E-state index contributed by atoms with van der Waals surface area (Å²) in [6.07, 6.45) is 6.20. The molecule has 8 nitrogen and oxygen atoms in total. The van der Waals surface area contributed by atoms with E-state index in [-0.39, 0.29) is 29.9 Å². The lowest BCUT2D eigenvalue weighted by atomic mass is 9.70. The largest absolute Gasteiger partial charge is 0.466 e. The first-order valence-electron chi connectivity index (χ1n) is 12.1. The lowest BCUT2D eigenvalue weighted by Crippen LogP contribution is -2.56. The van der Waals surface area contributed by atoms with Gasteiger partial charge in [-0.05, 0) is 32.6 Å². The van der Waals surface area contributed by atoms with Crippen molar-refractivity contribution in [3.05, 3.63) is 0 Å². The third-order valence-corrected chi connectivity index (χ3v) is 7.83. The van der Waals surface area contributed by atoms with Crippen molar-refractivity contribution in [3.63, 3.8) is 0 Å². The Kier molecular flexibility index (Phi) is 8.97. The summed E-state index contributed by atoms with van der Waals surface area (Å²) in [6, 6.07) is -0.746. The third-order valence-electron chi connectivity index (χ3n) is 6.98. The summed E-state index contributed by atoms with van der Waals surface area (Å²) < 4.78 is 11.7. The number of fused-ring (bicyclic) bond motifs is 1. The maximum Gasteiger partial charge on any atom is 0.312 e. The van der Waals surface area contributed by atoms with E-state index in [4.69, 9.17) is 14.6 Å². The molecule has 0 saturated carbocycles. The first-order valence-corrected chi connectivity index (χ1v) is 13.0. The maximum absolute atomic E-state index is 13.6. The zero-order valence-electron chi connectivity index (χ0n) is 19.2. The van der Waals surface area contributed by atoms with Gasteiger partial charge in [-0.2, -0.15) is 0 Å². The predicted molar refractivity (Wildman–Crippen MR) is 122 cm³/mol. The molecule has 2 amide bonds. The van der Waals surface area contributed by atoms with Gasteiger partial charge in [0.05, 0.1) is 24.5 Å². The van der Waals surface area contributed by atoms with Crippen LogP contribution in [0.2, 0.25) is 0 Å². The van der Waals surface area contributed by atoms with Gasteiger partial charge in [-0.1, -0.05) is 48.5 Å². The van der Waals surface area contributed by atoms with Crippen LogP contribution >= 0.6 is 15.9 Å². The molecule has 1 spiro atoms. The van der Waals surface area contributed by atoms with Crippen LogP contribution in [0, 0.1) is 11.8 Å². The van der Waals surface area contributed by atoms with E-state index in [0.29, 0.717) is 19.5 Å². The number of carbonyl (C=O) groups is 3. The van der Waals surface area contributed by atoms with E-state index in [1.165, 1.54) is 0 Å². The minimum atomic E-state index is -1.01. The first-order chi connectivity index (χ1) is 15.4. The molecule has 32 heavy (non-hydrogen) atoms. The molecule has 9 heteroatoms. The Hall–Kier alpha value is -1.19. The lowest BCUT2D eigenvalue weighted by molar-refractivity contribution is -0.154. The number of ether oxygens (including phenoxy) is 2. The second-order valence-electron chi connectivity index (χ2n) is 9.08. The van der Waals surface area contributed by atoms with Gasteiger partial charge in [-0.3, -0.25) is 14.4 Å². The molecule has 3 unspecified atom stereocenters. The number of rotatable bonds is 13. The number of hydrogen-bond acceptors (Lipinski definition) is 6. The molecule has 3 fully saturated rings. The highest BCUT2D eigenvalue weighted by Crippen LogP contribution is 2.60. The number of nitrogens with zero attached hydrogens (tertiary/aromatic N) is 1. The molecule has 2 N–H and O–H groups in total. The van der Waals surface area contributed by atoms with Gasteiger partial charge in [-0.15, -0.1) is 0 Å². The zero-order chi connectivity index (χ0) is 23.3. The Bertz CT molecular complexity index is 691. The van der Waals surface area contributed by atoms with Crippen molar-refractivity contribution in [1.82, 2.24) is 10.2 Å². The van der Waals surface area contributed by atoms with Crippen LogP contribution in [0.5, 0.6) is 0 Å². The quantitative estimate of drug-likeness (QED) is 0.221. The molecule has 0 aromatic rings. The molecule has 0 aromatic carbocycles. The van der Waals surface area contributed by atoms with Gasteiger partial charge in [0.2, 0.25) is 11.8 Å². The topological polar surface area (TPSA) is 105 Å². The molecule has 0 aromatic heterocycles. The fraction of sp³-hybridized carbons (Fsp3) is 0.870. The highest BCUT2D eigenvalue weighted by Gasteiger charge is 2.76. The Balaban J connectivity index is 1.83. The van der Waals surface area contributed by atoms with Gasteiger partial charge in [0.25, 0.3) is 0 Å². The van der Waals surface area contributed by atoms with Crippen LogP contribution in [0.4, 0.5) is 0 Å². The van der Waals surface area contributed by atoms with Crippen LogP contribution in [0.15, 0.2) is 0 Å². The number of halogens is 1. The summed E-state index contributed by atoms with van der Waals surface area (Å²) in [5.41, 5.74) is -1.01. The number of carbonyl (C=O) groups excluding carboxylic acids is 3. The second kappa shape index (κ2) is 11.3. The Labute approximate surface area is 198 Å². The van der Waals surface area contributed by atoms with Crippen molar-refractivity contribution < 1.29 is 29.0 Å². The summed E-state index contributed by atoms with van der Waals surface area (Å²) in [5, 5.41) is 12.0. The van der Waals surface area contributed by atoms with Gasteiger partial charge < -0.3 is 24.8 Å². The molecule has 3 aliphatic heterocycles. The van der Waals surface area contributed by atoms with E-state index in [0.717, 1.165) is 44.9 Å². The van der Waals surface area contributed by atoms with Crippen molar-refractivity contribution in [2.75, 3.05) is 26.3 Å². The number of aliphatic hydroxyl groups excluding tert-OH is 1. The number of nitrogens with one attached hydrogen (secondary N) is 1. The van der Waals surface area contributed by atoms with Crippen molar-refractivity contribution >= 4 is 33.7 Å². The van der Waals surface area contributed by atoms with Crippen molar-refractivity contribution in [3.8, 4) is 0 Å². The smallest absolute Gasteiger partial charge is 0.312 e. The molecular formula is C23H37BrN2O6. The SMILES string of the molecule is CCCCCNC(=O)C1N(CCCCCCO)C(=O)[C@@H]2[C@H](C(=O)OCC)[C@H]3OC12CC3Br. The highest BCUT2D eigenvalue weighted by molar-refractivity contribution is 9.09. The fourth-order valence-corrected chi connectivity index (χ4v) is 6.55. The minimum Gasteiger partial charge on any atom is -0.466 e. The van der Waals surface area contributed by atoms with Crippen LogP contribution < -0.4 is 5.32 Å². The van der Waals surface area contributed by atoms with Crippen LogP contribution in [-0.2, 0) is 23.9 Å². The molecule has 0 radical (unpaired) electrons. The summed E-state index contributed by atoms with van der Waals surface area (Å²) in [4.78, 5) is 41.3. The number of hydrogen-bond donors (Lipinski definition) is 2. The molecule has 3 heterocycles. The lowest BCUT2D eigenvalue weighted by Gasteiger charge is -2.34. The molecule has 6 atom stereocenters. The number of aliphatic hydroxyl groups is 1. The van der Waals surface area contributed by atoms with E-state index in [1.54, 1.807) is 11.8 Å². The van der Waals surface area contributed by atoms with Gasteiger partial charge in [0.1, 0.15) is 11.6 Å². The standard InChI is InChI=1S/C23H37BrN2O6/c1-3-5-8-11-25-20(28)19-23-14-15(24)18(32-23)16(22(30)31-4-2)17(23)21(29)26(19)12-9-6-7-10-13-27/h15-19,27H,3-14H2,1-2H3,(H,25,28)/t15?,16-,17-,18-,19?,23?/m0/s1. The number of amides is 2. The molecule has 2 bridgehead atoms. The Morgan fingerprint density at radius 3 is 2.66 bits per heavy atom. The van der Waals surface area contributed by atoms with E-state index >= 15 is 0 Å². The molecule has 3 aliphatic rings. The molecular weight excluding hydrogens is 480 g/mol. The van der Waals surface area contributed by atoms with Crippen LogP contribution in [0.1, 0.15) is 65.2 Å². The highest BCUT2D eigenvalue weighted by atomic mass is 79.9. The molecule has 0 aliphatic carbocycles. The Morgan fingerprint density at radius 2 is 1.97 bits per heavy atom. The monoisotopic (exact) mass is 516 g/mol. The van der Waals surface area contributed by atoms with Crippen molar-refractivity contribution in [2.45, 2.75) is 87.8 Å². The average molecular weight is 517 g/mol. The molecule has 3 rings (SSSR count). The van der Waals surface area contributed by atoms with Gasteiger partial charge in [0, 0.05) is 24.5 Å². The van der Waals surface area contributed by atoms with E-state index < -0.39 is 35.6 Å². The van der Waals surface area contributed by atoms with Crippen LogP contribution in [0.3, 0.4) is 0 Å². The molecule has 3 saturated heterocycles. The summed E-state index contributed by atoms with van der Waals surface area (Å²) in [6.45, 7) is 5.24. The average Bonchev–Trinajstić information content (AvgIpc) is 3.35. The third kappa shape index (κ3) is 4.71. The summed E-state index contributed by atoms with van der Waals surface area (Å²) in [5.74, 6) is -2.19. The first kappa shape index (κ1) is 25.4. The van der Waals surface area contributed by atoms with Crippen molar-refractivity contribution in [2.24, 2.45) is 11.8 Å². The summed E-state index contributed by atoms with van der Waals surface area (Å²) in [7, 11) is 0. The van der Waals surface area contributed by atoms with Crippen LogP contribution in [0.25, 0.3) is 0 Å². The Morgan fingerprint density at radius 1 is 1.22 bits per heavy atom. The normalized spacial score (nSPS) is 32.9. The van der Waals surface area contributed by atoms with Crippen LogP contribution in [-0.4, -0.2) is 76.7 Å². The molecule has 182 valence electrons. The predicted octanol–water partition coefficient (Wildman–Crippen LogP) is 2.16. The minimum absolute atomic E-state index is 0.110. The summed E-state index contributed by atoms with van der Waals surface area (Å²) >= 11 is 3.64. The number of unbranched alkanes of at least 4 members (excludes halogenated alkanes) is 5. The second-order valence-corrected chi connectivity index (χ2v) is 10.3. The number of likely N-dealkylation sites (tertiary alicyclic amines) is 1. The van der Waals surface area contributed by atoms with E-state index in [1.807, 2.05) is 0 Å². The van der Waals surface area contributed by atoms with Gasteiger partial charge >= 0.3 is 5.97 Å². The van der Waals surface area contributed by atoms with E-state index in [2.05, 4.69) is 28.2 Å². The van der Waals surface area contributed by atoms with Crippen molar-refractivity contribution in [1.29, 1.82) is 0 Å². The number of alkyl halides is 1. The maximum atomic E-state index is 13.6. The van der Waals surface area contributed by atoms with E-state index in [9.17, 15) is 14.4 Å². The van der Waals surface area contributed by atoms with Gasteiger partial charge in [0.15, 0.2) is 0 Å².